The number of hydrogen-bond donors (Lipinski definition) is 2. The lowest BCUT2D eigenvalue weighted by molar-refractivity contribution is 0.328. The SMILES string of the molecule is CC1CNCCC1NS(=O)(=O)c1c(Cl)cc(F)cc1Br. The number of nitrogens with one attached hydrogen (secondary N) is 2. The highest BCUT2D eigenvalue weighted by atomic mass is 79.9. The number of benzene rings is 1. The maximum atomic E-state index is 13.2. The molecule has 2 N–H and O–H groups in total. The highest BCUT2D eigenvalue weighted by molar-refractivity contribution is 9.10. The minimum Gasteiger partial charge on any atom is -0.316 e. The monoisotopic (exact) mass is 384 g/mol. The van der Waals surface area contributed by atoms with E-state index < -0.39 is 15.8 Å². The molecular weight excluding hydrogens is 371 g/mol. The molecule has 1 aromatic rings. The van der Waals surface area contributed by atoms with Gasteiger partial charge in [-0.05, 0) is 53.5 Å². The lowest BCUT2D eigenvalue weighted by Gasteiger charge is -2.30. The molecule has 1 heterocycles. The molecule has 1 fully saturated rings. The van der Waals surface area contributed by atoms with E-state index in [1.807, 2.05) is 6.92 Å². The third-order valence-corrected chi connectivity index (χ3v) is 6.21. The molecule has 0 aromatic heterocycles. The molecule has 112 valence electrons. The van der Waals surface area contributed by atoms with E-state index in [1.165, 1.54) is 0 Å². The number of hydrogen-bond acceptors (Lipinski definition) is 3. The van der Waals surface area contributed by atoms with Crippen LogP contribution < -0.4 is 10.0 Å². The van der Waals surface area contributed by atoms with Crippen molar-refractivity contribution in [2.75, 3.05) is 13.1 Å². The summed E-state index contributed by atoms with van der Waals surface area (Å²) in [5.74, 6) is -0.410. The second-order valence-corrected chi connectivity index (χ2v) is 7.81. The zero-order valence-corrected chi connectivity index (χ0v) is 13.9. The molecule has 0 saturated carbocycles. The van der Waals surface area contributed by atoms with E-state index in [0.717, 1.165) is 25.2 Å². The van der Waals surface area contributed by atoms with Gasteiger partial charge in [0.15, 0.2) is 0 Å². The molecule has 2 unspecified atom stereocenters. The van der Waals surface area contributed by atoms with Crippen molar-refractivity contribution in [3.63, 3.8) is 0 Å². The van der Waals surface area contributed by atoms with E-state index in [1.54, 1.807) is 0 Å². The van der Waals surface area contributed by atoms with E-state index >= 15 is 0 Å². The largest absolute Gasteiger partial charge is 0.316 e. The predicted molar refractivity (Wildman–Crippen MR) is 79.9 cm³/mol. The molecule has 20 heavy (non-hydrogen) atoms. The molecule has 4 nitrogen and oxygen atoms in total. The van der Waals surface area contributed by atoms with Crippen LogP contribution in [0.15, 0.2) is 21.5 Å². The van der Waals surface area contributed by atoms with Gasteiger partial charge in [0, 0.05) is 10.5 Å². The Balaban J connectivity index is 2.31. The Morgan fingerprint density at radius 3 is 2.80 bits per heavy atom. The number of halogens is 3. The molecule has 1 aliphatic heterocycles. The molecule has 1 saturated heterocycles. The Labute approximate surface area is 131 Å². The van der Waals surface area contributed by atoms with Crippen LogP contribution in [0.4, 0.5) is 4.39 Å². The molecular formula is C12H15BrClFN2O2S. The average molecular weight is 386 g/mol. The summed E-state index contributed by atoms with van der Waals surface area (Å²) in [7, 11) is -3.79. The number of piperidine rings is 1. The predicted octanol–water partition coefficient (Wildman–Crippen LogP) is 2.52. The highest BCUT2D eigenvalue weighted by Gasteiger charge is 2.29. The molecule has 8 heteroatoms. The Bertz CT molecular complexity index is 588. The van der Waals surface area contributed by atoms with Gasteiger partial charge < -0.3 is 5.32 Å². The van der Waals surface area contributed by atoms with Crippen molar-refractivity contribution in [2.45, 2.75) is 24.3 Å². The summed E-state index contributed by atoms with van der Waals surface area (Å²) in [5.41, 5.74) is 0. The maximum absolute atomic E-state index is 13.2. The number of sulfonamides is 1. The van der Waals surface area contributed by atoms with E-state index in [9.17, 15) is 12.8 Å². The van der Waals surface area contributed by atoms with Crippen molar-refractivity contribution < 1.29 is 12.8 Å². The third-order valence-electron chi connectivity index (χ3n) is 3.32. The van der Waals surface area contributed by atoms with Crippen LogP contribution in [0.25, 0.3) is 0 Å². The van der Waals surface area contributed by atoms with Crippen molar-refractivity contribution in [3.05, 3.63) is 27.4 Å². The van der Waals surface area contributed by atoms with Crippen LogP contribution in [0.2, 0.25) is 5.02 Å². The van der Waals surface area contributed by atoms with Gasteiger partial charge in [-0.25, -0.2) is 17.5 Å². The van der Waals surface area contributed by atoms with E-state index in [-0.39, 0.29) is 26.4 Å². The fourth-order valence-electron chi connectivity index (χ4n) is 2.23. The summed E-state index contributed by atoms with van der Waals surface area (Å²) in [4.78, 5) is -0.119. The van der Waals surface area contributed by atoms with E-state index in [2.05, 4.69) is 26.0 Å². The molecule has 2 atom stereocenters. The van der Waals surface area contributed by atoms with Crippen LogP contribution in [-0.4, -0.2) is 27.5 Å². The first kappa shape index (κ1) is 16.2. The van der Waals surface area contributed by atoms with E-state index in [4.69, 9.17) is 11.6 Å². The zero-order valence-electron chi connectivity index (χ0n) is 10.8. The molecule has 0 radical (unpaired) electrons. The minimum atomic E-state index is -3.79. The Hall–Kier alpha value is -0.210. The topological polar surface area (TPSA) is 58.2 Å². The minimum absolute atomic E-state index is 0.119. The first-order chi connectivity index (χ1) is 9.31. The summed E-state index contributed by atoms with van der Waals surface area (Å²) in [6.07, 6.45) is 0.705. The fourth-order valence-corrected chi connectivity index (χ4v) is 5.43. The Kier molecular flexibility index (Phi) is 5.07. The van der Waals surface area contributed by atoms with Gasteiger partial charge in [0.25, 0.3) is 0 Å². The van der Waals surface area contributed by atoms with E-state index in [0.29, 0.717) is 6.42 Å². The van der Waals surface area contributed by atoms with Crippen molar-refractivity contribution in [1.82, 2.24) is 10.0 Å². The number of rotatable bonds is 3. The van der Waals surface area contributed by atoms with Crippen molar-refractivity contribution in [3.8, 4) is 0 Å². The summed E-state index contributed by atoms with van der Waals surface area (Å²) in [6, 6.07) is 1.92. The van der Waals surface area contributed by atoms with Crippen LogP contribution in [0.3, 0.4) is 0 Å². The maximum Gasteiger partial charge on any atom is 0.243 e. The van der Waals surface area contributed by atoms with Gasteiger partial charge in [-0.2, -0.15) is 0 Å². The summed E-state index contributed by atoms with van der Waals surface area (Å²) in [6.45, 7) is 3.49. The first-order valence-electron chi connectivity index (χ1n) is 6.19. The molecule has 2 rings (SSSR count). The van der Waals surface area contributed by atoms with Crippen LogP contribution in [0, 0.1) is 11.7 Å². The first-order valence-corrected chi connectivity index (χ1v) is 8.84. The van der Waals surface area contributed by atoms with Crippen LogP contribution >= 0.6 is 27.5 Å². The normalized spacial score (nSPS) is 23.8. The average Bonchev–Trinajstić information content (AvgIpc) is 2.30. The fraction of sp³-hybridized carbons (Fsp3) is 0.500. The summed E-state index contributed by atoms with van der Waals surface area (Å²) < 4.78 is 40.8. The van der Waals surface area contributed by atoms with Gasteiger partial charge in [-0.1, -0.05) is 18.5 Å². The van der Waals surface area contributed by atoms with Gasteiger partial charge in [0.1, 0.15) is 10.7 Å². The van der Waals surface area contributed by atoms with Gasteiger partial charge >= 0.3 is 0 Å². The zero-order chi connectivity index (χ0) is 14.9. The molecule has 0 amide bonds. The third kappa shape index (κ3) is 3.51. The van der Waals surface area contributed by atoms with Gasteiger partial charge in [-0.3, -0.25) is 0 Å². The van der Waals surface area contributed by atoms with Crippen molar-refractivity contribution in [2.24, 2.45) is 5.92 Å². The summed E-state index contributed by atoms with van der Waals surface area (Å²) in [5, 5.41) is 3.07. The Morgan fingerprint density at radius 1 is 1.50 bits per heavy atom. The summed E-state index contributed by atoms with van der Waals surface area (Å²) >= 11 is 8.93. The second-order valence-electron chi connectivity index (χ2n) is 4.90. The van der Waals surface area contributed by atoms with Crippen molar-refractivity contribution >= 4 is 37.6 Å². The smallest absolute Gasteiger partial charge is 0.243 e. The Morgan fingerprint density at radius 2 is 2.20 bits per heavy atom. The second kappa shape index (κ2) is 6.27. The van der Waals surface area contributed by atoms with Crippen LogP contribution in [0.1, 0.15) is 13.3 Å². The lowest BCUT2D eigenvalue weighted by Crippen LogP contribution is -2.48. The van der Waals surface area contributed by atoms with Gasteiger partial charge in [0.05, 0.1) is 5.02 Å². The van der Waals surface area contributed by atoms with Gasteiger partial charge in [-0.15, -0.1) is 0 Å². The lowest BCUT2D eigenvalue weighted by atomic mass is 9.97. The van der Waals surface area contributed by atoms with Crippen LogP contribution in [-0.2, 0) is 10.0 Å². The molecule has 1 aliphatic rings. The molecule has 1 aromatic carbocycles. The quantitative estimate of drug-likeness (QED) is 0.840. The van der Waals surface area contributed by atoms with Gasteiger partial charge in [0.2, 0.25) is 10.0 Å². The molecule has 0 bridgehead atoms. The van der Waals surface area contributed by atoms with Crippen LogP contribution in [0.5, 0.6) is 0 Å². The standard InChI is InChI=1S/C12H15BrClFN2O2S/c1-7-6-16-3-2-11(7)17-20(18,19)12-9(13)4-8(15)5-10(12)14/h4-5,7,11,16-17H,2-3,6H2,1H3. The molecule has 0 spiro atoms. The molecule has 0 aliphatic carbocycles. The highest BCUT2D eigenvalue weighted by Crippen LogP contribution is 2.31. The van der Waals surface area contributed by atoms with Crippen molar-refractivity contribution in [1.29, 1.82) is 0 Å².